The van der Waals surface area contributed by atoms with E-state index in [2.05, 4.69) is 10.3 Å². The Morgan fingerprint density at radius 1 is 1.42 bits per heavy atom. The monoisotopic (exact) mass is 380 g/mol. The van der Waals surface area contributed by atoms with Crippen molar-refractivity contribution in [2.75, 3.05) is 25.0 Å². The summed E-state index contributed by atoms with van der Waals surface area (Å²) in [5.41, 5.74) is 0.207. The number of sulfonamides is 1. The Morgan fingerprint density at radius 2 is 2.27 bits per heavy atom. The third-order valence-corrected chi connectivity index (χ3v) is 6.70. The van der Waals surface area contributed by atoms with E-state index in [1.165, 1.54) is 29.0 Å². The summed E-state index contributed by atoms with van der Waals surface area (Å²) in [7, 11) is -1.88. The van der Waals surface area contributed by atoms with E-state index in [0.29, 0.717) is 38.2 Å². The van der Waals surface area contributed by atoms with Gasteiger partial charge < -0.3 is 14.6 Å². The third kappa shape index (κ3) is 3.22. The molecule has 2 saturated heterocycles. The highest BCUT2D eigenvalue weighted by atomic mass is 32.2. The van der Waals surface area contributed by atoms with Crippen LogP contribution in [-0.4, -0.2) is 53.6 Å². The van der Waals surface area contributed by atoms with Crippen molar-refractivity contribution in [2.45, 2.75) is 29.5 Å². The summed E-state index contributed by atoms with van der Waals surface area (Å²) in [5, 5.41) is 3.33. The van der Waals surface area contributed by atoms with Crippen molar-refractivity contribution in [3.8, 4) is 0 Å². The Hall–Kier alpha value is -1.97. The van der Waals surface area contributed by atoms with Crippen LogP contribution in [0.15, 0.2) is 41.8 Å². The molecule has 1 aromatic carbocycles. The van der Waals surface area contributed by atoms with Crippen LogP contribution in [0.1, 0.15) is 12.8 Å². The van der Waals surface area contributed by atoms with Crippen LogP contribution in [0.3, 0.4) is 0 Å². The van der Waals surface area contributed by atoms with Gasteiger partial charge in [-0.3, -0.25) is 0 Å². The maximum absolute atomic E-state index is 13.3. The number of anilines is 1. The molecule has 9 heteroatoms. The first kappa shape index (κ1) is 17.4. The van der Waals surface area contributed by atoms with E-state index in [1.54, 1.807) is 23.7 Å². The lowest BCUT2D eigenvalue weighted by Crippen LogP contribution is -2.36. The normalized spacial score (nSPS) is 26.6. The molecule has 1 N–H and O–H groups in total. The van der Waals surface area contributed by atoms with Crippen LogP contribution < -0.4 is 5.32 Å². The van der Waals surface area contributed by atoms with Crippen molar-refractivity contribution < 1.29 is 17.5 Å². The minimum atomic E-state index is -3.61. The van der Waals surface area contributed by atoms with E-state index in [-0.39, 0.29) is 16.9 Å². The molecule has 26 heavy (non-hydrogen) atoms. The highest BCUT2D eigenvalue weighted by Crippen LogP contribution is 2.38. The fourth-order valence-electron chi connectivity index (χ4n) is 3.70. The average molecular weight is 380 g/mol. The molecule has 0 bridgehead atoms. The Morgan fingerprint density at radius 3 is 3.00 bits per heavy atom. The molecule has 0 amide bonds. The van der Waals surface area contributed by atoms with Gasteiger partial charge in [-0.15, -0.1) is 0 Å². The van der Waals surface area contributed by atoms with Crippen LogP contribution in [0, 0.1) is 5.82 Å². The number of hydrogen-bond donors (Lipinski definition) is 1. The average Bonchev–Trinajstić information content (AvgIpc) is 3.30. The third-order valence-electron chi connectivity index (χ3n) is 4.97. The number of imidazole rings is 1. The molecule has 140 valence electrons. The van der Waals surface area contributed by atoms with Gasteiger partial charge in [0.15, 0.2) is 5.03 Å². The van der Waals surface area contributed by atoms with Gasteiger partial charge in [0.05, 0.1) is 24.6 Å². The molecule has 2 aromatic rings. The van der Waals surface area contributed by atoms with E-state index >= 15 is 0 Å². The second-order valence-corrected chi connectivity index (χ2v) is 8.90. The quantitative estimate of drug-likeness (QED) is 0.872. The van der Waals surface area contributed by atoms with Gasteiger partial charge in [0.1, 0.15) is 5.82 Å². The Bertz CT molecular complexity index is 916. The number of ether oxygens (including phenoxy) is 1. The number of nitrogens with zero attached hydrogens (tertiary/aromatic N) is 3. The van der Waals surface area contributed by atoms with Gasteiger partial charge in [0, 0.05) is 38.4 Å². The highest BCUT2D eigenvalue weighted by molar-refractivity contribution is 7.89. The lowest BCUT2D eigenvalue weighted by molar-refractivity contribution is 0.0173. The van der Waals surface area contributed by atoms with Gasteiger partial charge >= 0.3 is 0 Å². The van der Waals surface area contributed by atoms with Crippen LogP contribution >= 0.6 is 0 Å². The predicted molar refractivity (Wildman–Crippen MR) is 93.7 cm³/mol. The van der Waals surface area contributed by atoms with Crippen LogP contribution in [0.25, 0.3) is 0 Å². The van der Waals surface area contributed by atoms with Gasteiger partial charge in [-0.1, -0.05) is 6.07 Å². The van der Waals surface area contributed by atoms with Gasteiger partial charge in [0.2, 0.25) is 0 Å². The molecule has 7 nitrogen and oxygen atoms in total. The molecule has 0 radical (unpaired) electrons. The summed E-state index contributed by atoms with van der Waals surface area (Å²) in [6, 6.07) is 6.32. The van der Waals surface area contributed by atoms with Crippen LogP contribution in [-0.2, 0) is 21.8 Å². The van der Waals surface area contributed by atoms with E-state index in [1.807, 2.05) is 0 Å². The van der Waals surface area contributed by atoms with E-state index in [4.69, 9.17) is 4.74 Å². The summed E-state index contributed by atoms with van der Waals surface area (Å²) < 4.78 is 47.9. The predicted octanol–water partition coefficient (Wildman–Crippen LogP) is 1.59. The number of rotatable bonds is 4. The summed E-state index contributed by atoms with van der Waals surface area (Å²) in [5.74, 6) is -0.294. The van der Waals surface area contributed by atoms with Crippen LogP contribution in [0.2, 0.25) is 0 Å². The van der Waals surface area contributed by atoms with Gasteiger partial charge in [-0.25, -0.2) is 17.8 Å². The molecule has 1 spiro atoms. The fourth-order valence-corrected chi connectivity index (χ4v) is 5.18. The van der Waals surface area contributed by atoms with E-state index in [9.17, 15) is 12.8 Å². The molecule has 3 heterocycles. The molecular formula is C17H21FN4O3S. The second kappa shape index (κ2) is 6.33. The zero-order valence-electron chi connectivity index (χ0n) is 14.4. The second-order valence-electron chi connectivity index (χ2n) is 7.02. The number of halogens is 1. The lowest BCUT2D eigenvalue weighted by atomic mass is 9.97. The standard InChI is InChI=1S/C17H21FN4O3S/c1-21-9-16(19-12-21)26(23,24)22-6-5-17(11-22)8-15(10-25-17)20-14-4-2-3-13(18)7-14/h2-4,7,9,12,15,20H,5-6,8,10-11H2,1H3/t15-,17-/m0/s1. The highest BCUT2D eigenvalue weighted by Gasteiger charge is 2.49. The number of hydrogen-bond acceptors (Lipinski definition) is 5. The number of nitrogens with one attached hydrogen (secondary N) is 1. The SMILES string of the molecule is Cn1cnc(S(=O)(=O)N2CC[C@]3(C[C@H](Nc4cccc(F)c4)CO3)C2)c1. The molecular weight excluding hydrogens is 359 g/mol. The van der Waals surface area contributed by atoms with Gasteiger partial charge in [-0.2, -0.15) is 4.31 Å². The molecule has 0 aliphatic carbocycles. The number of benzene rings is 1. The van der Waals surface area contributed by atoms with Crippen molar-refractivity contribution in [1.29, 1.82) is 0 Å². The Labute approximate surface area is 151 Å². The molecule has 2 aliphatic heterocycles. The summed E-state index contributed by atoms with van der Waals surface area (Å²) in [6.45, 7) is 1.19. The van der Waals surface area contributed by atoms with Gasteiger partial charge in [-0.05, 0) is 24.6 Å². The molecule has 0 saturated carbocycles. The minimum absolute atomic E-state index is 0.0225. The largest absolute Gasteiger partial charge is 0.380 e. The smallest absolute Gasteiger partial charge is 0.262 e. The Kier molecular flexibility index (Phi) is 4.25. The fraction of sp³-hybridized carbons (Fsp3) is 0.471. The first-order chi connectivity index (χ1) is 12.4. The van der Waals surface area contributed by atoms with Crippen molar-refractivity contribution in [3.05, 3.63) is 42.6 Å². The van der Waals surface area contributed by atoms with E-state index in [0.717, 1.165) is 0 Å². The summed E-state index contributed by atoms with van der Waals surface area (Å²) >= 11 is 0. The number of aromatic nitrogens is 2. The van der Waals surface area contributed by atoms with Gasteiger partial charge in [0.25, 0.3) is 10.0 Å². The zero-order chi connectivity index (χ0) is 18.4. The first-order valence-electron chi connectivity index (χ1n) is 8.51. The molecule has 0 unspecified atom stereocenters. The molecule has 2 aliphatic rings. The van der Waals surface area contributed by atoms with Crippen molar-refractivity contribution in [3.63, 3.8) is 0 Å². The first-order valence-corrected chi connectivity index (χ1v) is 9.95. The zero-order valence-corrected chi connectivity index (χ0v) is 15.2. The minimum Gasteiger partial charge on any atom is -0.380 e. The maximum Gasteiger partial charge on any atom is 0.262 e. The number of aryl methyl sites for hydroxylation is 1. The molecule has 1 aromatic heterocycles. The molecule has 4 rings (SSSR count). The lowest BCUT2D eigenvalue weighted by Gasteiger charge is -2.23. The topological polar surface area (TPSA) is 76.5 Å². The van der Waals surface area contributed by atoms with E-state index < -0.39 is 15.6 Å². The van der Waals surface area contributed by atoms with Crippen LogP contribution in [0.5, 0.6) is 0 Å². The van der Waals surface area contributed by atoms with Crippen molar-refractivity contribution in [1.82, 2.24) is 13.9 Å². The van der Waals surface area contributed by atoms with Crippen molar-refractivity contribution >= 4 is 15.7 Å². The maximum atomic E-state index is 13.3. The van der Waals surface area contributed by atoms with Crippen molar-refractivity contribution in [2.24, 2.45) is 7.05 Å². The Balaban J connectivity index is 1.43. The molecule has 2 fully saturated rings. The van der Waals surface area contributed by atoms with Crippen LogP contribution in [0.4, 0.5) is 10.1 Å². The summed E-state index contributed by atoms with van der Waals surface area (Å²) in [6.07, 6.45) is 4.30. The summed E-state index contributed by atoms with van der Waals surface area (Å²) in [4.78, 5) is 3.97. The molecule has 2 atom stereocenters.